The van der Waals surface area contributed by atoms with Gasteiger partial charge in [-0.25, -0.2) is 0 Å². The van der Waals surface area contributed by atoms with Crippen molar-refractivity contribution < 1.29 is 24.5 Å². The summed E-state index contributed by atoms with van der Waals surface area (Å²) in [5.41, 5.74) is 3.22. The van der Waals surface area contributed by atoms with Gasteiger partial charge >= 0.3 is 0 Å². The summed E-state index contributed by atoms with van der Waals surface area (Å²) in [5.74, 6) is -0.987. The van der Waals surface area contributed by atoms with Crippen molar-refractivity contribution in [2.75, 3.05) is 11.5 Å². The molecule has 1 atom stereocenters. The van der Waals surface area contributed by atoms with Crippen molar-refractivity contribution in [3.8, 4) is 11.5 Å². The third kappa shape index (κ3) is 3.96. The predicted octanol–water partition coefficient (Wildman–Crippen LogP) is 5.03. The highest BCUT2D eigenvalue weighted by Gasteiger charge is 2.47. The number of Topliss-reactive ketones (excluding diaryl/α,β-unsaturated/α-hetero) is 1. The summed E-state index contributed by atoms with van der Waals surface area (Å²) in [4.78, 5) is 27.9. The van der Waals surface area contributed by atoms with E-state index in [0.717, 1.165) is 11.1 Å². The fourth-order valence-electron chi connectivity index (χ4n) is 4.16. The van der Waals surface area contributed by atoms with Crippen LogP contribution in [0.25, 0.3) is 5.76 Å². The smallest absolute Gasteiger partial charge is 0.300 e. The quantitative estimate of drug-likeness (QED) is 0.328. The molecule has 0 spiro atoms. The number of phenols is 1. The molecule has 6 nitrogen and oxygen atoms in total. The first-order valence-corrected chi connectivity index (χ1v) is 10.7. The van der Waals surface area contributed by atoms with E-state index in [1.54, 1.807) is 42.5 Å². The molecule has 0 aliphatic carbocycles. The molecule has 0 saturated carbocycles. The minimum Gasteiger partial charge on any atom is -0.508 e. The van der Waals surface area contributed by atoms with Gasteiger partial charge in [-0.3, -0.25) is 14.5 Å². The number of nitrogens with zero attached hydrogens (tertiary/aromatic N) is 1. The maximum Gasteiger partial charge on any atom is 0.300 e. The molecule has 1 fully saturated rings. The van der Waals surface area contributed by atoms with Gasteiger partial charge in [-0.05, 0) is 73.9 Å². The molecular weight excluding hydrogens is 418 g/mol. The number of hydrogen-bond donors (Lipinski definition) is 2. The number of benzene rings is 3. The number of ether oxygens (including phenoxy) is 1. The van der Waals surface area contributed by atoms with Crippen LogP contribution in [0, 0.1) is 13.8 Å². The Labute approximate surface area is 192 Å². The second-order valence-electron chi connectivity index (χ2n) is 7.96. The fourth-order valence-corrected chi connectivity index (χ4v) is 4.16. The Morgan fingerprint density at radius 1 is 0.970 bits per heavy atom. The number of ketones is 1. The van der Waals surface area contributed by atoms with Crippen LogP contribution in [0.5, 0.6) is 11.5 Å². The van der Waals surface area contributed by atoms with Crippen LogP contribution in [0.2, 0.25) is 0 Å². The average Bonchev–Trinajstić information content (AvgIpc) is 3.06. The molecule has 1 heterocycles. The highest BCUT2D eigenvalue weighted by molar-refractivity contribution is 6.51. The van der Waals surface area contributed by atoms with Crippen LogP contribution in [0.4, 0.5) is 5.69 Å². The van der Waals surface area contributed by atoms with Crippen LogP contribution in [-0.2, 0) is 9.59 Å². The number of aliphatic hydroxyl groups is 1. The summed E-state index contributed by atoms with van der Waals surface area (Å²) in [6.07, 6.45) is 0. The van der Waals surface area contributed by atoms with Gasteiger partial charge in [0.1, 0.15) is 17.3 Å². The minimum absolute atomic E-state index is 0.00231. The van der Waals surface area contributed by atoms with Gasteiger partial charge in [0.25, 0.3) is 11.7 Å². The molecule has 1 aliphatic rings. The largest absolute Gasteiger partial charge is 0.508 e. The third-order valence-corrected chi connectivity index (χ3v) is 5.78. The van der Waals surface area contributed by atoms with E-state index in [1.165, 1.54) is 17.0 Å². The van der Waals surface area contributed by atoms with Gasteiger partial charge in [0.2, 0.25) is 0 Å². The molecule has 0 bridgehead atoms. The van der Waals surface area contributed by atoms with Gasteiger partial charge in [0, 0.05) is 11.3 Å². The molecule has 1 amide bonds. The number of anilines is 1. The summed E-state index contributed by atoms with van der Waals surface area (Å²) >= 11 is 0. The predicted molar refractivity (Wildman–Crippen MR) is 126 cm³/mol. The number of aliphatic hydroxyl groups excluding tert-OH is 1. The van der Waals surface area contributed by atoms with Gasteiger partial charge in [-0.15, -0.1) is 0 Å². The van der Waals surface area contributed by atoms with Gasteiger partial charge in [0.05, 0.1) is 18.2 Å². The van der Waals surface area contributed by atoms with Crippen molar-refractivity contribution in [1.82, 2.24) is 0 Å². The molecular formula is C27H25NO5. The third-order valence-electron chi connectivity index (χ3n) is 5.78. The number of carbonyl (C=O) groups excluding carboxylic acids is 2. The molecule has 1 saturated heterocycles. The number of phenolic OH excluding ortho intramolecular Hbond substituents is 1. The van der Waals surface area contributed by atoms with Crippen LogP contribution in [0.15, 0.2) is 72.3 Å². The topological polar surface area (TPSA) is 87.1 Å². The Kier molecular flexibility index (Phi) is 5.92. The van der Waals surface area contributed by atoms with Gasteiger partial charge in [-0.2, -0.15) is 0 Å². The number of amides is 1. The van der Waals surface area contributed by atoms with Gasteiger partial charge in [-0.1, -0.05) is 30.3 Å². The van der Waals surface area contributed by atoms with E-state index in [1.807, 2.05) is 32.9 Å². The molecule has 1 aliphatic heterocycles. The molecule has 4 rings (SSSR count). The second-order valence-corrected chi connectivity index (χ2v) is 7.96. The number of aryl methyl sites for hydroxylation is 2. The lowest BCUT2D eigenvalue weighted by Gasteiger charge is -2.26. The molecule has 0 aromatic heterocycles. The highest BCUT2D eigenvalue weighted by Crippen LogP contribution is 2.43. The molecule has 6 heteroatoms. The van der Waals surface area contributed by atoms with E-state index in [9.17, 15) is 19.8 Å². The van der Waals surface area contributed by atoms with E-state index in [-0.39, 0.29) is 17.1 Å². The first-order chi connectivity index (χ1) is 15.8. The van der Waals surface area contributed by atoms with E-state index in [2.05, 4.69) is 0 Å². The summed E-state index contributed by atoms with van der Waals surface area (Å²) in [6, 6.07) is 17.9. The van der Waals surface area contributed by atoms with Crippen LogP contribution < -0.4 is 9.64 Å². The molecule has 168 valence electrons. The fraction of sp³-hybridized carbons (Fsp3) is 0.185. The molecule has 0 radical (unpaired) electrons. The summed E-state index contributed by atoms with van der Waals surface area (Å²) in [5, 5.41) is 21.0. The van der Waals surface area contributed by atoms with E-state index in [4.69, 9.17) is 4.74 Å². The van der Waals surface area contributed by atoms with E-state index >= 15 is 0 Å². The standard InChI is InChI=1S/C27H25NO5/c1-4-33-22-14-11-19(15-17(22)3)25(30)23-24(18-9-12-20(29)13-10-18)28(27(32)26(23)31)21-8-6-5-7-16(21)2/h5-15,24,29-30H,4H2,1-3H3/b25-23-. The van der Waals surface area contributed by atoms with Crippen molar-refractivity contribution in [3.05, 3.63) is 94.6 Å². The van der Waals surface area contributed by atoms with Crippen molar-refractivity contribution in [2.45, 2.75) is 26.8 Å². The zero-order valence-electron chi connectivity index (χ0n) is 18.7. The normalized spacial score (nSPS) is 17.4. The second kappa shape index (κ2) is 8.82. The van der Waals surface area contributed by atoms with Crippen molar-refractivity contribution in [2.24, 2.45) is 0 Å². The lowest BCUT2D eigenvalue weighted by Crippen LogP contribution is -2.30. The zero-order chi connectivity index (χ0) is 23.7. The van der Waals surface area contributed by atoms with E-state index in [0.29, 0.717) is 29.2 Å². The van der Waals surface area contributed by atoms with Crippen molar-refractivity contribution >= 4 is 23.1 Å². The van der Waals surface area contributed by atoms with Gasteiger partial charge < -0.3 is 14.9 Å². The first kappa shape index (κ1) is 22.1. The SMILES string of the molecule is CCOc1ccc(/C(O)=C2/C(=O)C(=O)N(c3ccccc3C)C2c2ccc(O)cc2)cc1C. The lowest BCUT2D eigenvalue weighted by atomic mass is 9.94. The summed E-state index contributed by atoms with van der Waals surface area (Å²) < 4.78 is 5.57. The maximum absolute atomic E-state index is 13.2. The number of carbonyl (C=O) groups is 2. The first-order valence-electron chi connectivity index (χ1n) is 10.7. The zero-order valence-corrected chi connectivity index (χ0v) is 18.7. The Balaban J connectivity index is 1.93. The molecule has 2 N–H and O–H groups in total. The Bertz CT molecular complexity index is 1260. The number of para-hydroxylation sites is 1. The number of rotatable bonds is 5. The average molecular weight is 443 g/mol. The molecule has 3 aromatic rings. The van der Waals surface area contributed by atoms with Crippen LogP contribution >= 0.6 is 0 Å². The maximum atomic E-state index is 13.2. The van der Waals surface area contributed by atoms with E-state index < -0.39 is 17.7 Å². The molecule has 33 heavy (non-hydrogen) atoms. The summed E-state index contributed by atoms with van der Waals surface area (Å²) in [7, 11) is 0. The van der Waals surface area contributed by atoms with Crippen molar-refractivity contribution in [3.63, 3.8) is 0 Å². The lowest BCUT2D eigenvalue weighted by molar-refractivity contribution is -0.132. The van der Waals surface area contributed by atoms with Gasteiger partial charge in [0.15, 0.2) is 0 Å². The van der Waals surface area contributed by atoms with Crippen LogP contribution in [0.1, 0.15) is 35.2 Å². The minimum atomic E-state index is -0.849. The Morgan fingerprint density at radius 3 is 2.30 bits per heavy atom. The highest BCUT2D eigenvalue weighted by atomic mass is 16.5. The number of hydrogen-bond acceptors (Lipinski definition) is 5. The number of aromatic hydroxyl groups is 1. The monoisotopic (exact) mass is 443 g/mol. The van der Waals surface area contributed by atoms with Crippen molar-refractivity contribution in [1.29, 1.82) is 0 Å². The van der Waals surface area contributed by atoms with Crippen LogP contribution in [-0.4, -0.2) is 28.5 Å². The molecule has 3 aromatic carbocycles. The Morgan fingerprint density at radius 2 is 1.67 bits per heavy atom. The Hall–Kier alpha value is -4.06. The molecule has 1 unspecified atom stereocenters. The van der Waals surface area contributed by atoms with Crippen LogP contribution in [0.3, 0.4) is 0 Å². The summed E-state index contributed by atoms with van der Waals surface area (Å²) in [6.45, 7) is 6.11.